The Kier molecular flexibility index (Phi) is 7.28. The molecular weight excluding hydrogens is 405 g/mol. The van der Waals surface area contributed by atoms with Crippen molar-refractivity contribution < 1.29 is 13.9 Å². The monoisotopic (exact) mass is 431 g/mol. The molecule has 0 aromatic carbocycles. The first-order chi connectivity index (χ1) is 14.5. The summed E-state index contributed by atoms with van der Waals surface area (Å²) in [6, 6.07) is 0. The molecule has 0 saturated carbocycles. The fourth-order valence-corrected chi connectivity index (χ4v) is 4.29. The lowest BCUT2D eigenvalue weighted by atomic mass is 10.1. The van der Waals surface area contributed by atoms with Crippen molar-refractivity contribution in [2.45, 2.75) is 32.7 Å². The normalized spacial score (nSPS) is 16.2. The Labute approximate surface area is 179 Å². The molecule has 1 aliphatic carbocycles. The summed E-state index contributed by atoms with van der Waals surface area (Å²) in [6.45, 7) is 3.15. The second-order valence-electron chi connectivity index (χ2n) is 6.99. The number of carbonyl (C=O) groups excluding carboxylic acids is 1. The van der Waals surface area contributed by atoms with Crippen molar-refractivity contribution in [3.05, 3.63) is 40.4 Å². The van der Waals surface area contributed by atoms with Crippen LogP contribution in [0.3, 0.4) is 0 Å². The summed E-state index contributed by atoms with van der Waals surface area (Å²) in [4.78, 5) is 31.1. The average Bonchev–Trinajstić information content (AvgIpc) is 2.85. The van der Waals surface area contributed by atoms with Gasteiger partial charge in [-0.15, -0.1) is 11.3 Å². The van der Waals surface area contributed by atoms with Gasteiger partial charge in [0.1, 0.15) is 27.7 Å². The molecule has 4 rings (SSSR count). The average molecular weight is 432 g/mol. The van der Waals surface area contributed by atoms with Crippen LogP contribution in [0.1, 0.15) is 41.4 Å². The topological polar surface area (TPSA) is 70.9 Å². The smallest absolute Gasteiger partial charge is 0.273 e. The maximum Gasteiger partial charge on any atom is 0.273 e. The molecule has 1 aliphatic heterocycles. The number of fused-ring (bicyclic) bond motifs is 3. The largest absolute Gasteiger partial charge is 0.385 e. The summed E-state index contributed by atoms with van der Waals surface area (Å²) in [6.07, 6.45) is 7.97. The second kappa shape index (κ2) is 9.90. The molecule has 0 saturated heterocycles. The minimum atomic E-state index is -0.212. The van der Waals surface area contributed by atoms with Gasteiger partial charge in [-0.3, -0.25) is 14.7 Å². The Morgan fingerprint density at radius 3 is 2.70 bits per heavy atom. The Balaban J connectivity index is 0.000000589. The molecule has 1 amide bonds. The van der Waals surface area contributed by atoms with E-state index < -0.39 is 0 Å². The number of allylic oxidation sites excluding steroid dienone is 3. The molecule has 2 aromatic heterocycles. The highest BCUT2D eigenvalue weighted by Crippen LogP contribution is 2.37. The molecule has 0 fully saturated rings. The van der Waals surface area contributed by atoms with Crippen molar-refractivity contribution in [1.29, 1.82) is 0 Å². The molecule has 0 bridgehead atoms. The number of halogens is 1. The van der Waals surface area contributed by atoms with Gasteiger partial charge in [0.2, 0.25) is 0 Å². The number of hydrogen-bond acceptors (Lipinski definition) is 7. The maximum atomic E-state index is 13.9. The van der Waals surface area contributed by atoms with E-state index in [1.807, 2.05) is 32.0 Å². The summed E-state index contributed by atoms with van der Waals surface area (Å²) in [7, 11) is 5.50. The van der Waals surface area contributed by atoms with E-state index >= 15 is 0 Å². The van der Waals surface area contributed by atoms with Gasteiger partial charge in [0.05, 0.1) is 18.3 Å². The number of rotatable bonds is 3. The minimum absolute atomic E-state index is 0.112. The zero-order chi connectivity index (χ0) is 21.7. The van der Waals surface area contributed by atoms with Crippen LogP contribution in [0.25, 0.3) is 10.2 Å². The SMILES string of the molecule is CCOC.CN(C)c1ncnc2sc3c(c12)CN=CN(C1=CCCC=C(F)C1)C3=O. The van der Waals surface area contributed by atoms with Crippen LogP contribution in [0.4, 0.5) is 10.2 Å². The van der Waals surface area contributed by atoms with Crippen LogP contribution in [0.5, 0.6) is 0 Å². The molecule has 0 unspecified atom stereocenters. The van der Waals surface area contributed by atoms with E-state index in [-0.39, 0.29) is 18.2 Å². The van der Waals surface area contributed by atoms with Gasteiger partial charge in [-0.05, 0) is 19.8 Å². The van der Waals surface area contributed by atoms with Gasteiger partial charge < -0.3 is 9.64 Å². The molecule has 0 radical (unpaired) electrons. The van der Waals surface area contributed by atoms with Crippen LogP contribution in [0, 0.1) is 0 Å². The number of amides is 1. The van der Waals surface area contributed by atoms with E-state index in [4.69, 9.17) is 0 Å². The van der Waals surface area contributed by atoms with Crippen LogP contribution in [-0.4, -0.2) is 54.9 Å². The minimum Gasteiger partial charge on any atom is -0.385 e. The summed E-state index contributed by atoms with van der Waals surface area (Å²) < 4.78 is 18.4. The van der Waals surface area contributed by atoms with Gasteiger partial charge in [-0.1, -0.05) is 12.2 Å². The van der Waals surface area contributed by atoms with E-state index in [1.165, 1.54) is 28.9 Å². The fourth-order valence-electron chi connectivity index (χ4n) is 3.21. The van der Waals surface area contributed by atoms with Crippen LogP contribution >= 0.6 is 11.3 Å². The third-order valence-corrected chi connectivity index (χ3v) is 5.84. The molecule has 0 atom stereocenters. The number of nitrogens with zero attached hydrogens (tertiary/aromatic N) is 5. The number of aromatic nitrogens is 2. The zero-order valence-electron chi connectivity index (χ0n) is 17.7. The van der Waals surface area contributed by atoms with Crippen molar-refractivity contribution in [2.75, 3.05) is 32.7 Å². The van der Waals surface area contributed by atoms with Crippen molar-refractivity contribution in [3.63, 3.8) is 0 Å². The molecule has 0 spiro atoms. The molecule has 9 heteroatoms. The fraction of sp³-hybridized carbons (Fsp3) is 0.429. The summed E-state index contributed by atoms with van der Waals surface area (Å²) in [5.41, 5.74) is 1.47. The Morgan fingerprint density at radius 2 is 2.00 bits per heavy atom. The Bertz CT molecular complexity index is 1010. The van der Waals surface area contributed by atoms with Gasteiger partial charge in [0, 0.05) is 45.5 Å². The van der Waals surface area contributed by atoms with Gasteiger partial charge in [0.25, 0.3) is 5.91 Å². The number of ether oxygens (including phenoxy) is 1. The Hall–Kier alpha value is -2.65. The standard InChI is InChI=1S/C18H18FN5OS.C3H8O/c1-23(2)16-14-13-8-20-10-24(12-6-4-3-5-11(19)7-12)18(25)15(13)26-17(14)22-9-21-16;1-3-4-2/h5-6,9-10H,3-4,7-8H2,1-2H3;3H2,1-2H3. The van der Waals surface area contributed by atoms with Gasteiger partial charge in [-0.2, -0.15) is 0 Å². The molecule has 160 valence electrons. The lowest BCUT2D eigenvalue weighted by molar-refractivity contribution is 0.0884. The number of hydrogen-bond donors (Lipinski definition) is 0. The molecule has 2 aliphatic rings. The predicted molar refractivity (Wildman–Crippen MR) is 119 cm³/mol. The number of thiophene rings is 1. The third-order valence-electron chi connectivity index (χ3n) is 4.71. The first kappa shape index (κ1) is 22.0. The maximum absolute atomic E-state index is 13.9. The molecular formula is C21H26FN5O2S. The number of carbonyl (C=O) groups is 1. The number of aliphatic imine (C=N–C) groups is 1. The zero-order valence-corrected chi connectivity index (χ0v) is 18.5. The van der Waals surface area contributed by atoms with Gasteiger partial charge in [-0.25, -0.2) is 14.4 Å². The van der Waals surface area contributed by atoms with Crippen molar-refractivity contribution in [1.82, 2.24) is 14.9 Å². The lowest BCUT2D eigenvalue weighted by Crippen LogP contribution is -2.28. The molecule has 30 heavy (non-hydrogen) atoms. The summed E-state index contributed by atoms with van der Waals surface area (Å²) in [5.74, 6) is 0.373. The van der Waals surface area contributed by atoms with E-state index in [9.17, 15) is 9.18 Å². The summed E-state index contributed by atoms with van der Waals surface area (Å²) >= 11 is 1.34. The van der Waals surface area contributed by atoms with E-state index in [0.717, 1.165) is 28.2 Å². The van der Waals surface area contributed by atoms with Gasteiger partial charge in [0.15, 0.2) is 0 Å². The summed E-state index contributed by atoms with van der Waals surface area (Å²) in [5, 5.41) is 0.866. The highest BCUT2D eigenvalue weighted by atomic mass is 32.1. The predicted octanol–water partition coefficient (Wildman–Crippen LogP) is 4.32. The highest BCUT2D eigenvalue weighted by molar-refractivity contribution is 7.20. The highest BCUT2D eigenvalue weighted by Gasteiger charge is 2.29. The van der Waals surface area contributed by atoms with Crippen molar-refractivity contribution >= 4 is 39.6 Å². The quantitative estimate of drug-likeness (QED) is 0.724. The van der Waals surface area contributed by atoms with E-state index in [1.54, 1.807) is 13.2 Å². The number of anilines is 1. The molecule has 7 nitrogen and oxygen atoms in total. The third kappa shape index (κ3) is 4.57. The second-order valence-corrected chi connectivity index (χ2v) is 7.99. The first-order valence-electron chi connectivity index (χ1n) is 9.77. The van der Waals surface area contributed by atoms with Crippen LogP contribution < -0.4 is 4.90 Å². The molecule has 2 aromatic rings. The van der Waals surface area contributed by atoms with Crippen LogP contribution in [0.15, 0.2) is 35.0 Å². The van der Waals surface area contributed by atoms with Crippen LogP contribution in [-0.2, 0) is 11.3 Å². The first-order valence-corrected chi connectivity index (χ1v) is 10.6. The van der Waals surface area contributed by atoms with Crippen molar-refractivity contribution in [2.24, 2.45) is 4.99 Å². The van der Waals surface area contributed by atoms with Crippen LogP contribution in [0.2, 0.25) is 0 Å². The lowest BCUT2D eigenvalue weighted by Gasteiger charge is -2.19. The van der Waals surface area contributed by atoms with Crippen molar-refractivity contribution in [3.8, 4) is 0 Å². The molecule has 3 heterocycles. The van der Waals surface area contributed by atoms with E-state index in [2.05, 4.69) is 19.7 Å². The van der Waals surface area contributed by atoms with E-state index in [0.29, 0.717) is 30.0 Å². The number of methoxy groups -OCH3 is 1. The Morgan fingerprint density at radius 1 is 1.27 bits per heavy atom. The molecule has 0 N–H and O–H groups in total. The van der Waals surface area contributed by atoms with Gasteiger partial charge >= 0.3 is 0 Å².